The lowest BCUT2D eigenvalue weighted by atomic mass is 9.82. The van der Waals surface area contributed by atoms with E-state index in [0.717, 1.165) is 222 Å². The lowest BCUT2D eigenvalue weighted by Crippen LogP contribution is -2.42. The van der Waals surface area contributed by atoms with Crippen molar-refractivity contribution in [1.82, 2.24) is 44.5 Å². The van der Waals surface area contributed by atoms with Gasteiger partial charge >= 0.3 is 43.7 Å². The maximum atomic E-state index is 12.5. The summed E-state index contributed by atoms with van der Waals surface area (Å²) in [6.07, 6.45) is 26.3. The van der Waals surface area contributed by atoms with Crippen molar-refractivity contribution >= 4 is 120 Å². The van der Waals surface area contributed by atoms with Crippen LogP contribution in [0.25, 0.3) is 22.3 Å². The molecule has 0 unspecified atom stereocenters. The fourth-order valence-corrected chi connectivity index (χ4v) is 18.4. The Labute approximate surface area is 824 Å². The molecule has 8 aliphatic heterocycles. The first-order chi connectivity index (χ1) is 64.2. The van der Waals surface area contributed by atoms with E-state index in [0.29, 0.717) is 56.5 Å². The van der Waals surface area contributed by atoms with Crippen molar-refractivity contribution in [2.75, 3.05) is 112 Å². The molecule has 4 aromatic carbocycles. The summed E-state index contributed by atoms with van der Waals surface area (Å²) in [6, 6.07) is 16.8. The average Bonchev–Trinajstić information content (AvgIpc) is 1.66. The van der Waals surface area contributed by atoms with Crippen LogP contribution in [-0.4, -0.2) is 227 Å². The number of phenols is 1. The standard InChI is InChI=1S/C28H40N4O5.C23H32N4O3.C19H32BN3O4.C15H20BrNO3.C12H14BrNO3.C3H7Br/c1-7-16-36-25-22(10-11-24-23(25)9-8-19(2)32(24)27(34)35-6)20-17-29-31(18-20)21-12-14-30(15-13-21)26(33)37-28(3,4)5;1-4-13-30-22-19(17-14-25-26(15-17)18-9-11-24-12-10-18)7-8-21-20(22)6-5-16(2)27(21)23(28)29-3;1-17(2,3)25-16(24)22-10-8-15(9-11-22)23-13-14(12-21-23)20-26-18(4,5)19(6,7)27-20;1-4-9-20-14-11-6-5-10(2)17(15(18)19-3)13(11)8-7-12(14)16;1-7-3-4-8-10(14(7)12(16)17-2)6-5-9(13)11(8)15;1-2-3-4/h10-11,17-19,21H,7-9,12-16H2,1-6H3;7-8,14-16,18,24H,4-6,9-13H2,1-3H3;12-13,15H,8-11H2,1-7H3;7-8,10H,4-6,9H2,1-3H3;5-7,15H,3-4H2,1-2H3;2-3H2,1H3/t19-;16-;;10-;7-;/m00.00./s1. The summed E-state index contributed by atoms with van der Waals surface area (Å²) in [5.74, 6) is 2.76. The van der Waals surface area contributed by atoms with Crippen LogP contribution in [0.2, 0.25) is 0 Å². The summed E-state index contributed by atoms with van der Waals surface area (Å²) in [5, 5.41) is 28.4. The number of nitrogens with one attached hydrogen (secondary N) is 1. The van der Waals surface area contributed by atoms with Gasteiger partial charge in [-0.2, -0.15) is 15.3 Å². The highest BCUT2D eigenvalue weighted by Crippen LogP contribution is 2.48. The summed E-state index contributed by atoms with van der Waals surface area (Å²) in [5.41, 5.74) is 10.7. The molecule has 4 saturated heterocycles. The number of piperidine rings is 3. The fraction of sp³-hybridized carbons (Fsp3) is 0.610. The summed E-state index contributed by atoms with van der Waals surface area (Å²) in [7, 11) is 5.23. The van der Waals surface area contributed by atoms with Crippen LogP contribution >= 0.6 is 47.8 Å². The Morgan fingerprint density at radius 3 is 1.12 bits per heavy atom. The Hall–Kier alpha value is -9.29. The molecular formula is C100H145BBr3N13O18. The fourth-order valence-electron chi connectivity index (χ4n) is 17.6. The predicted octanol–water partition coefficient (Wildman–Crippen LogP) is 21.7. The van der Waals surface area contributed by atoms with E-state index in [1.165, 1.54) is 34.9 Å². The highest BCUT2D eigenvalue weighted by molar-refractivity contribution is 9.11. The van der Waals surface area contributed by atoms with Crippen LogP contribution in [0.5, 0.6) is 23.0 Å². The molecule has 4 atom stereocenters. The molecule has 35 heteroatoms. The number of methoxy groups -OCH3 is 4. The Morgan fingerprint density at radius 2 is 0.763 bits per heavy atom. The Bertz CT molecular complexity index is 5090. The van der Waals surface area contributed by atoms with E-state index >= 15 is 0 Å². The van der Waals surface area contributed by atoms with E-state index < -0.39 is 18.3 Å². The number of hydrogen-bond donors (Lipinski definition) is 2. The molecule has 742 valence electrons. The maximum Gasteiger partial charge on any atom is 0.498 e. The van der Waals surface area contributed by atoms with Crippen molar-refractivity contribution in [2.24, 2.45) is 0 Å². The molecule has 11 heterocycles. The Morgan fingerprint density at radius 1 is 0.444 bits per heavy atom. The number of likely N-dealkylation sites (tertiary alicyclic amines) is 2. The van der Waals surface area contributed by atoms with E-state index in [4.69, 9.17) is 51.9 Å². The predicted molar refractivity (Wildman–Crippen MR) is 539 cm³/mol. The van der Waals surface area contributed by atoms with E-state index in [-0.39, 0.29) is 89.8 Å². The molecule has 135 heavy (non-hydrogen) atoms. The van der Waals surface area contributed by atoms with Gasteiger partial charge in [-0.3, -0.25) is 33.6 Å². The molecule has 2 N–H and O–H groups in total. The summed E-state index contributed by atoms with van der Waals surface area (Å²) < 4.78 is 69.1. The number of hydrogen-bond acceptors (Lipinski definition) is 22. The van der Waals surface area contributed by atoms with Gasteiger partial charge in [0.25, 0.3) is 0 Å². The maximum absolute atomic E-state index is 12.5. The van der Waals surface area contributed by atoms with Gasteiger partial charge in [-0.05, 0) is 306 Å². The van der Waals surface area contributed by atoms with Crippen LogP contribution in [0.3, 0.4) is 0 Å². The van der Waals surface area contributed by atoms with E-state index in [2.05, 4.69) is 126 Å². The average molecular weight is 2070 g/mol. The quantitative estimate of drug-likeness (QED) is 0.0516. The van der Waals surface area contributed by atoms with E-state index in [9.17, 15) is 33.9 Å². The van der Waals surface area contributed by atoms with Crippen LogP contribution in [0.1, 0.15) is 255 Å². The van der Waals surface area contributed by atoms with Crippen LogP contribution in [0, 0.1) is 0 Å². The molecular weight excluding hydrogens is 1920 g/mol. The molecule has 4 fully saturated rings. The minimum Gasteiger partial charge on any atom is -0.506 e. The van der Waals surface area contributed by atoms with Crippen molar-refractivity contribution in [3.05, 3.63) is 117 Å². The molecule has 0 bridgehead atoms. The zero-order valence-electron chi connectivity index (χ0n) is 83.4. The molecule has 0 spiro atoms. The highest BCUT2D eigenvalue weighted by atomic mass is 79.9. The van der Waals surface area contributed by atoms with Gasteiger partial charge in [-0.1, -0.05) is 43.6 Å². The number of halogens is 3. The number of benzene rings is 4. The molecule has 15 rings (SSSR count). The first-order valence-corrected chi connectivity index (χ1v) is 50.6. The summed E-state index contributed by atoms with van der Waals surface area (Å²) >= 11 is 10.1. The molecule has 8 aliphatic rings. The number of aromatic hydroxyl groups is 1. The number of carbonyl (C=O) groups excluding carboxylic acids is 6. The molecule has 31 nitrogen and oxygen atoms in total. The van der Waals surface area contributed by atoms with Crippen LogP contribution in [-0.2, 0) is 63.4 Å². The number of phenolic OH excluding ortho intramolecular Hbond substituents is 1. The summed E-state index contributed by atoms with van der Waals surface area (Å²) in [4.78, 5) is 83.7. The molecule has 7 aromatic rings. The van der Waals surface area contributed by atoms with Gasteiger partial charge in [0.15, 0.2) is 0 Å². The lowest BCUT2D eigenvalue weighted by Gasteiger charge is -2.35. The van der Waals surface area contributed by atoms with Crippen molar-refractivity contribution in [1.29, 1.82) is 0 Å². The van der Waals surface area contributed by atoms with Crippen LogP contribution in [0.15, 0.2) is 94.7 Å². The first kappa shape index (κ1) is 108. The van der Waals surface area contributed by atoms with Crippen molar-refractivity contribution in [3.8, 4) is 45.3 Å². The SMILES string of the molecule is CC(C)(C)OC(=O)N1CCC(n2cc(B3OC(C)(C)C(C)(C)O3)cn2)CC1.CCCBr.CCCOc1c(-c2cnn(C3CCN(C(=O)OC(C)(C)C)CC3)c2)ccc2c1CC[C@H](C)N2C(=O)OC.CCCOc1c(-c2cnn(C3CCNCC3)c2)ccc2c1CC[C@H](C)N2C(=O)OC.CCCOc1c(Br)ccc2c1CC[C@H](C)N2C(=O)OC.COC(=O)N1c2ccc(Br)c(O)c2CC[C@@H]1C. The van der Waals surface area contributed by atoms with E-state index in [1.807, 2.05) is 161 Å². The lowest BCUT2D eigenvalue weighted by molar-refractivity contribution is 0.00578. The van der Waals surface area contributed by atoms with Crippen molar-refractivity contribution in [3.63, 3.8) is 0 Å². The molecule has 0 radical (unpaired) electrons. The van der Waals surface area contributed by atoms with Crippen molar-refractivity contribution < 1.29 is 85.8 Å². The number of amides is 6. The second-order valence-corrected chi connectivity index (χ2v) is 40.9. The number of ether oxygens (including phenoxy) is 9. The van der Waals surface area contributed by atoms with Gasteiger partial charge in [0, 0.05) is 130 Å². The smallest absolute Gasteiger partial charge is 0.498 e. The third-order valence-corrected chi connectivity index (χ3v) is 27.6. The van der Waals surface area contributed by atoms with Crippen molar-refractivity contribution in [2.45, 2.75) is 305 Å². The molecule has 6 amide bonds. The Balaban J connectivity index is 0.000000177. The van der Waals surface area contributed by atoms with Gasteiger partial charge in [-0.15, -0.1) is 0 Å². The van der Waals surface area contributed by atoms with E-state index in [1.54, 1.807) is 35.5 Å². The monoisotopic (exact) mass is 2060 g/mol. The van der Waals surface area contributed by atoms with Crippen LogP contribution < -0.4 is 44.6 Å². The number of nitrogens with zero attached hydrogens (tertiary/aromatic N) is 12. The molecule has 0 aliphatic carbocycles. The third-order valence-electron chi connectivity index (χ3n) is 25.6. The molecule has 3 aromatic heterocycles. The van der Waals surface area contributed by atoms with Gasteiger partial charge < -0.3 is 72.2 Å². The zero-order chi connectivity index (χ0) is 98.6. The largest absolute Gasteiger partial charge is 0.506 e. The normalized spacial score (nSPS) is 19.1. The first-order valence-electron chi connectivity index (χ1n) is 47.9. The number of fused-ring (bicyclic) bond motifs is 4. The highest BCUT2D eigenvalue weighted by Gasteiger charge is 2.52. The number of anilines is 4. The number of aromatic nitrogens is 6. The minimum absolute atomic E-state index is 0.0547. The second kappa shape index (κ2) is 48.8. The number of alkyl halides is 1. The topological polar surface area (TPSA) is 309 Å². The zero-order valence-corrected chi connectivity index (χ0v) is 88.1. The van der Waals surface area contributed by atoms with Gasteiger partial charge in [0.05, 0.1) is 122 Å². The van der Waals surface area contributed by atoms with Gasteiger partial charge in [0.1, 0.15) is 34.2 Å². The summed E-state index contributed by atoms with van der Waals surface area (Å²) in [6.45, 7) is 42.6. The van der Waals surface area contributed by atoms with Gasteiger partial charge in [-0.25, -0.2) is 28.8 Å². The van der Waals surface area contributed by atoms with Crippen LogP contribution in [0.4, 0.5) is 51.5 Å². The van der Waals surface area contributed by atoms with Gasteiger partial charge in [0.2, 0.25) is 0 Å². The number of carbonyl (C=O) groups is 6. The molecule has 0 saturated carbocycles. The number of rotatable bonds is 16. The third kappa shape index (κ3) is 27.0. The Kier molecular flexibility index (Phi) is 39.0. The second-order valence-electron chi connectivity index (χ2n) is 38.4. The minimum atomic E-state index is -0.497.